The number of hydrogen-bond donors (Lipinski definition) is 0. The summed E-state index contributed by atoms with van der Waals surface area (Å²) >= 11 is 0. The van der Waals surface area contributed by atoms with Gasteiger partial charge in [-0.1, -0.05) is 6.58 Å². The first-order valence-electron chi connectivity index (χ1n) is 5.58. The van der Waals surface area contributed by atoms with Crippen LogP contribution < -0.4 is 0 Å². The SMILES string of the molecule is C=CC(=O)N1CCOCC1c1cc(F)cc(F)c1. The summed E-state index contributed by atoms with van der Waals surface area (Å²) in [6.45, 7) is 4.44. The molecule has 0 aliphatic carbocycles. The van der Waals surface area contributed by atoms with E-state index in [4.69, 9.17) is 4.74 Å². The monoisotopic (exact) mass is 253 g/mol. The van der Waals surface area contributed by atoms with Crippen molar-refractivity contribution in [2.24, 2.45) is 0 Å². The van der Waals surface area contributed by atoms with Crippen LogP contribution in [0, 0.1) is 11.6 Å². The Morgan fingerprint density at radius 3 is 2.67 bits per heavy atom. The average Bonchev–Trinajstić information content (AvgIpc) is 2.36. The molecule has 1 heterocycles. The van der Waals surface area contributed by atoms with Crippen LogP contribution in [0.1, 0.15) is 11.6 Å². The van der Waals surface area contributed by atoms with Gasteiger partial charge in [0.1, 0.15) is 11.6 Å². The molecule has 1 aromatic carbocycles. The number of hydrogen-bond acceptors (Lipinski definition) is 2. The Kier molecular flexibility index (Phi) is 3.72. The van der Waals surface area contributed by atoms with E-state index >= 15 is 0 Å². The van der Waals surface area contributed by atoms with Gasteiger partial charge < -0.3 is 9.64 Å². The van der Waals surface area contributed by atoms with Gasteiger partial charge in [0.15, 0.2) is 0 Å². The highest BCUT2D eigenvalue weighted by atomic mass is 19.1. The van der Waals surface area contributed by atoms with Crippen LogP contribution in [0.25, 0.3) is 0 Å². The van der Waals surface area contributed by atoms with Gasteiger partial charge in [-0.3, -0.25) is 4.79 Å². The van der Waals surface area contributed by atoms with E-state index < -0.39 is 17.7 Å². The molecular formula is C13H13F2NO2. The zero-order valence-corrected chi connectivity index (χ0v) is 9.73. The lowest BCUT2D eigenvalue weighted by Crippen LogP contribution is -2.42. The number of amides is 1. The summed E-state index contributed by atoms with van der Waals surface area (Å²) in [4.78, 5) is 13.2. The molecule has 1 saturated heterocycles. The zero-order valence-electron chi connectivity index (χ0n) is 9.73. The molecule has 1 unspecified atom stereocenters. The van der Waals surface area contributed by atoms with Gasteiger partial charge >= 0.3 is 0 Å². The van der Waals surface area contributed by atoms with Crippen molar-refractivity contribution in [3.63, 3.8) is 0 Å². The molecule has 3 nitrogen and oxygen atoms in total. The third-order valence-electron chi connectivity index (χ3n) is 2.86. The quantitative estimate of drug-likeness (QED) is 0.755. The minimum absolute atomic E-state index is 0.225. The lowest BCUT2D eigenvalue weighted by Gasteiger charge is -2.35. The van der Waals surface area contributed by atoms with Crippen molar-refractivity contribution in [3.05, 3.63) is 48.1 Å². The molecular weight excluding hydrogens is 240 g/mol. The first-order chi connectivity index (χ1) is 8.61. The highest BCUT2D eigenvalue weighted by Crippen LogP contribution is 2.25. The van der Waals surface area contributed by atoms with Crippen LogP contribution in [-0.2, 0) is 9.53 Å². The Bertz CT molecular complexity index is 456. The summed E-state index contributed by atoms with van der Waals surface area (Å²) in [6.07, 6.45) is 1.19. The minimum atomic E-state index is -0.665. The van der Waals surface area contributed by atoms with E-state index in [0.717, 1.165) is 6.07 Å². The third-order valence-corrected chi connectivity index (χ3v) is 2.86. The number of carbonyl (C=O) groups is 1. The predicted octanol–water partition coefficient (Wildman–Crippen LogP) is 2.05. The normalized spacial score (nSPS) is 19.7. The van der Waals surface area contributed by atoms with Gasteiger partial charge in [-0.15, -0.1) is 0 Å². The molecule has 0 saturated carbocycles. The fraction of sp³-hybridized carbons (Fsp3) is 0.308. The van der Waals surface area contributed by atoms with Gasteiger partial charge in [-0.2, -0.15) is 0 Å². The smallest absolute Gasteiger partial charge is 0.246 e. The second kappa shape index (κ2) is 5.27. The molecule has 1 aliphatic rings. The summed E-state index contributed by atoms with van der Waals surface area (Å²) in [6, 6.07) is 2.75. The molecule has 1 amide bonds. The van der Waals surface area contributed by atoms with Gasteiger partial charge in [-0.25, -0.2) is 8.78 Å². The van der Waals surface area contributed by atoms with E-state index in [1.807, 2.05) is 0 Å². The average molecular weight is 253 g/mol. The van der Waals surface area contributed by atoms with E-state index in [-0.39, 0.29) is 12.5 Å². The Balaban J connectivity index is 2.33. The summed E-state index contributed by atoms with van der Waals surface area (Å²) < 4.78 is 31.6. The molecule has 1 aromatic rings. The molecule has 1 fully saturated rings. The highest BCUT2D eigenvalue weighted by molar-refractivity contribution is 5.87. The highest BCUT2D eigenvalue weighted by Gasteiger charge is 2.27. The fourth-order valence-electron chi connectivity index (χ4n) is 2.03. The van der Waals surface area contributed by atoms with Crippen molar-refractivity contribution < 1.29 is 18.3 Å². The van der Waals surface area contributed by atoms with E-state index in [1.165, 1.54) is 23.1 Å². The van der Waals surface area contributed by atoms with Crippen molar-refractivity contribution in [1.29, 1.82) is 0 Å². The van der Waals surface area contributed by atoms with Gasteiger partial charge in [0.2, 0.25) is 5.91 Å². The lowest BCUT2D eigenvalue weighted by atomic mass is 10.0. The first kappa shape index (κ1) is 12.7. The van der Waals surface area contributed by atoms with Crippen LogP contribution >= 0.6 is 0 Å². The summed E-state index contributed by atoms with van der Waals surface area (Å²) in [5.41, 5.74) is 0.391. The maximum Gasteiger partial charge on any atom is 0.246 e. The lowest BCUT2D eigenvalue weighted by molar-refractivity contribution is -0.134. The van der Waals surface area contributed by atoms with Gasteiger partial charge in [0, 0.05) is 12.6 Å². The van der Waals surface area contributed by atoms with Gasteiger partial charge in [0.25, 0.3) is 0 Å². The van der Waals surface area contributed by atoms with E-state index in [2.05, 4.69) is 6.58 Å². The molecule has 5 heteroatoms. The first-order valence-corrected chi connectivity index (χ1v) is 5.58. The number of ether oxygens (including phenoxy) is 1. The Labute approximate surface area is 104 Å². The van der Waals surface area contributed by atoms with Crippen LogP contribution in [-0.4, -0.2) is 30.6 Å². The predicted molar refractivity (Wildman–Crippen MR) is 61.8 cm³/mol. The molecule has 1 atom stereocenters. The van der Waals surface area contributed by atoms with Crippen LogP contribution in [0.15, 0.2) is 30.9 Å². The van der Waals surface area contributed by atoms with Crippen LogP contribution in [0.5, 0.6) is 0 Å². The molecule has 0 aromatic heterocycles. The van der Waals surface area contributed by atoms with Crippen molar-refractivity contribution in [3.8, 4) is 0 Å². The van der Waals surface area contributed by atoms with Crippen LogP contribution in [0.4, 0.5) is 8.78 Å². The number of carbonyl (C=O) groups excluding carboxylic acids is 1. The van der Waals surface area contributed by atoms with Crippen molar-refractivity contribution in [2.75, 3.05) is 19.8 Å². The Morgan fingerprint density at radius 1 is 1.39 bits per heavy atom. The van der Waals surface area contributed by atoms with Crippen LogP contribution in [0.3, 0.4) is 0 Å². The molecule has 96 valence electrons. The number of rotatable bonds is 2. The molecule has 18 heavy (non-hydrogen) atoms. The Hall–Kier alpha value is -1.75. The standard InChI is InChI=1S/C13H13F2NO2/c1-2-13(17)16-3-4-18-8-12(16)9-5-10(14)7-11(15)6-9/h2,5-7,12H,1,3-4,8H2. The third kappa shape index (κ3) is 2.56. The largest absolute Gasteiger partial charge is 0.377 e. The summed E-state index contributed by atoms with van der Waals surface area (Å²) in [5, 5.41) is 0. The van der Waals surface area contributed by atoms with Crippen molar-refractivity contribution >= 4 is 5.91 Å². The van der Waals surface area contributed by atoms with Gasteiger partial charge in [-0.05, 0) is 23.8 Å². The molecule has 2 rings (SSSR count). The summed E-state index contributed by atoms with van der Waals surface area (Å²) in [7, 11) is 0. The van der Waals surface area contributed by atoms with Crippen molar-refractivity contribution in [2.45, 2.75) is 6.04 Å². The molecule has 0 spiro atoms. The summed E-state index contributed by atoms with van der Waals surface area (Å²) in [5.74, 6) is -1.60. The maximum atomic E-state index is 13.2. The van der Waals surface area contributed by atoms with Crippen LogP contribution in [0.2, 0.25) is 0 Å². The second-order valence-electron chi connectivity index (χ2n) is 4.03. The molecule has 0 N–H and O–H groups in total. The number of halogens is 2. The van der Waals surface area contributed by atoms with E-state index in [9.17, 15) is 13.6 Å². The Morgan fingerprint density at radius 2 is 2.06 bits per heavy atom. The second-order valence-corrected chi connectivity index (χ2v) is 4.03. The fourth-order valence-corrected chi connectivity index (χ4v) is 2.03. The van der Waals surface area contributed by atoms with E-state index in [0.29, 0.717) is 18.7 Å². The molecule has 1 aliphatic heterocycles. The number of benzene rings is 1. The maximum absolute atomic E-state index is 13.2. The minimum Gasteiger partial charge on any atom is -0.377 e. The number of nitrogens with zero attached hydrogens (tertiary/aromatic N) is 1. The molecule has 0 bridgehead atoms. The van der Waals surface area contributed by atoms with Crippen molar-refractivity contribution in [1.82, 2.24) is 4.90 Å². The zero-order chi connectivity index (χ0) is 13.1. The van der Waals surface area contributed by atoms with E-state index in [1.54, 1.807) is 0 Å². The van der Waals surface area contributed by atoms with Gasteiger partial charge in [0.05, 0.1) is 19.3 Å². The number of morpholine rings is 1. The molecule has 0 radical (unpaired) electrons. The topological polar surface area (TPSA) is 29.5 Å².